The van der Waals surface area contributed by atoms with Crippen LogP contribution in [0.5, 0.6) is 0 Å². The molecule has 1 fully saturated rings. The van der Waals surface area contributed by atoms with Crippen LogP contribution in [-0.4, -0.2) is 28.3 Å². The van der Waals surface area contributed by atoms with Gasteiger partial charge in [0, 0.05) is 6.04 Å². The molecule has 1 amide bonds. The Hall–Kier alpha value is 0.300. The highest BCUT2D eigenvalue weighted by Gasteiger charge is 2.22. The molecule has 1 aliphatic heterocycles. The first-order valence-corrected chi connectivity index (χ1v) is 7.70. The van der Waals surface area contributed by atoms with Crippen LogP contribution in [-0.2, 0) is 4.79 Å². The molecule has 0 spiro atoms. The molecule has 4 heteroatoms. The van der Waals surface area contributed by atoms with Crippen LogP contribution in [0.15, 0.2) is 0 Å². The Morgan fingerprint density at radius 1 is 1.40 bits per heavy atom. The third-order valence-corrected chi connectivity index (χ3v) is 5.21. The van der Waals surface area contributed by atoms with Gasteiger partial charge in [-0.05, 0) is 36.7 Å². The van der Waals surface area contributed by atoms with Gasteiger partial charge in [0.15, 0.2) is 0 Å². The summed E-state index contributed by atoms with van der Waals surface area (Å²) in [7, 11) is 0. The van der Waals surface area contributed by atoms with Gasteiger partial charge in [-0.1, -0.05) is 29.8 Å². The standard InChI is InChI=1S/C11H20BrNOS/c1-8(2)10(12)11(14)13-9-4-3-6-15-7-5-9/h8-10H,3-7H2,1-2H3,(H,13,14). The summed E-state index contributed by atoms with van der Waals surface area (Å²) in [6.07, 6.45) is 3.48. The van der Waals surface area contributed by atoms with Crippen LogP contribution in [0.3, 0.4) is 0 Å². The van der Waals surface area contributed by atoms with E-state index in [-0.39, 0.29) is 10.7 Å². The highest BCUT2D eigenvalue weighted by atomic mass is 79.9. The highest BCUT2D eigenvalue weighted by Crippen LogP contribution is 2.18. The molecular weight excluding hydrogens is 274 g/mol. The highest BCUT2D eigenvalue weighted by molar-refractivity contribution is 9.10. The van der Waals surface area contributed by atoms with Crippen LogP contribution in [0.4, 0.5) is 0 Å². The average Bonchev–Trinajstić information content (AvgIpc) is 2.45. The Labute approximate surface area is 105 Å². The molecule has 2 nitrogen and oxygen atoms in total. The number of carbonyl (C=O) groups excluding carboxylic acids is 1. The van der Waals surface area contributed by atoms with Gasteiger partial charge in [0.2, 0.25) is 5.91 Å². The van der Waals surface area contributed by atoms with E-state index in [1.807, 2.05) is 11.8 Å². The van der Waals surface area contributed by atoms with Gasteiger partial charge in [-0.25, -0.2) is 0 Å². The average molecular weight is 294 g/mol. The number of hydrogen-bond acceptors (Lipinski definition) is 2. The first-order chi connectivity index (χ1) is 7.11. The normalized spacial score (nSPS) is 24.7. The van der Waals surface area contributed by atoms with E-state index in [1.54, 1.807) is 0 Å². The molecule has 0 saturated carbocycles. The molecule has 1 N–H and O–H groups in total. The number of amides is 1. The van der Waals surface area contributed by atoms with Crippen molar-refractivity contribution in [2.24, 2.45) is 5.92 Å². The minimum absolute atomic E-state index is 0.0478. The lowest BCUT2D eigenvalue weighted by Gasteiger charge is -2.20. The van der Waals surface area contributed by atoms with Crippen molar-refractivity contribution in [1.29, 1.82) is 0 Å². The lowest BCUT2D eigenvalue weighted by atomic mass is 10.1. The number of halogens is 1. The third kappa shape index (κ3) is 4.77. The fourth-order valence-electron chi connectivity index (χ4n) is 1.63. The number of rotatable bonds is 3. The summed E-state index contributed by atoms with van der Waals surface area (Å²) in [5.74, 6) is 2.93. The molecule has 0 bridgehead atoms. The van der Waals surface area contributed by atoms with Gasteiger partial charge >= 0.3 is 0 Å². The van der Waals surface area contributed by atoms with Crippen molar-refractivity contribution in [3.63, 3.8) is 0 Å². The Balaban J connectivity index is 2.35. The third-order valence-electron chi connectivity index (χ3n) is 2.63. The molecule has 0 aromatic heterocycles. The van der Waals surface area contributed by atoms with Crippen LogP contribution in [0.25, 0.3) is 0 Å². The Morgan fingerprint density at radius 2 is 2.13 bits per heavy atom. The predicted molar refractivity (Wildman–Crippen MR) is 70.7 cm³/mol. The minimum atomic E-state index is -0.0478. The summed E-state index contributed by atoms with van der Waals surface area (Å²) >= 11 is 5.43. The van der Waals surface area contributed by atoms with Crippen LogP contribution < -0.4 is 5.32 Å². The molecule has 2 unspecified atom stereocenters. The summed E-state index contributed by atoms with van der Waals surface area (Å²) in [6.45, 7) is 4.11. The lowest BCUT2D eigenvalue weighted by Crippen LogP contribution is -2.41. The summed E-state index contributed by atoms with van der Waals surface area (Å²) < 4.78 is 0. The molecule has 1 saturated heterocycles. The van der Waals surface area contributed by atoms with Crippen LogP contribution in [0.1, 0.15) is 33.1 Å². The zero-order valence-electron chi connectivity index (χ0n) is 9.46. The van der Waals surface area contributed by atoms with Gasteiger partial charge in [-0.3, -0.25) is 4.79 Å². The molecular formula is C11H20BrNOS. The van der Waals surface area contributed by atoms with E-state index < -0.39 is 0 Å². The summed E-state index contributed by atoms with van der Waals surface area (Å²) in [5, 5.41) is 3.14. The second kappa shape index (κ2) is 6.79. The zero-order valence-corrected chi connectivity index (χ0v) is 11.9. The largest absolute Gasteiger partial charge is 0.352 e. The van der Waals surface area contributed by atoms with Crippen molar-refractivity contribution in [1.82, 2.24) is 5.32 Å². The molecule has 1 heterocycles. The number of thioether (sulfide) groups is 1. The summed E-state index contributed by atoms with van der Waals surface area (Å²) in [4.78, 5) is 11.8. The maximum atomic E-state index is 11.8. The summed E-state index contributed by atoms with van der Waals surface area (Å²) in [6, 6.07) is 0.395. The SMILES string of the molecule is CC(C)C(Br)C(=O)NC1CCCSCC1. The number of alkyl halides is 1. The van der Waals surface area contributed by atoms with Gasteiger partial charge in [0.05, 0.1) is 4.83 Å². The van der Waals surface area contributed by atoms with Crippen LogP contribution in [0.2, 0.25) is 0 Å². The number of nitrogens with one attached hydrogen (secondary N) is 1. The smallest absolute Gasteiger partial charge is 0.234 e. The molecule has 0 aromatic rings. The number of carbonyl (C=O) groups is 1. The maximum absolute atomic E-state index is 11.8. The Bertz CT molecular complexity index is 203. The molecule has 1 rings (SSSR count). The number of hydrogen-bond donors (Lipinski definition) is 1. The monoisotopic (exact) mass is 293 g/mol. The van der Waals surface area contributed by atoms with E-state index in [0.717, 1.165) is 12.8 Å². The first kappa shape index (κ1) is 13.4. The van der Waals surface area contributed by atoms with Gasteiger partial charge < -0.3 is 5.32 Å². The van der Waals surface area contributed by atoms with Crippen LogP contribution in [0, 0.1) is 5.92 Å². The van der Waals surface area contributed by atoms with E-state index in [2.05, 4.69) is 35.1 Å². The van der Waals surface area contributed by atoms with E-state index in [4.69, 9.17) is 0 Å². The molecule has 0 radical (unpaired) electrons. The fourth-order valence-corrected chi connectivity index (χ4v) is 2.79. The molecule has 15 heavy (non-hydrogen) atoms. The van der Waals surface area contributed by atoms with Gasteiger partial charge in [0.1, 0.15) is 0 Å². The summed E-state index contributed by atoms with van der Waals surface area (Å²) in [5.41, 5.74) is 0. The zero-order chi connectivity index (χ0) is 11.3. The van der Waals surface area contributed by atoms with Gasteiger partial charge in [-0.2, -0.15) is 11.8 Å². The fraction of sp³-hybridized carbons (Fsp3) is 0.909. The van der Waals surface area contributed by atoms with Crippen molar-refractivity contribution < 1.29 is 4.79 Å². The molecule has 0 aromatic carbocycles. The molecule has 2 atom stereocenters. The van der Waals surface area contributed by atoms with Gasteiger partial charge in [0.25, 0.3) is 0 Å². The predicted octanol–water partition coefficient (Wildman–Crippen LogP) is 2.81. The minimum Gasteiger partial charge on any atom is -0.352 e. The lowest BCUT2D eigenvalue weighted by molar-refractivity contribution is -0.121. The van der Waals surface area contributed by atoms with Crippen molar-refractivity contribution in [3.8, 4) is 0 Å². The Morgan fingerprint density at radius 3 is 2.80 bits per heavy atom. The van der Waals surface area contributed by atoms with Crippen LogP contribution >= 0.6 is 27.7 Å². The second-order valence-corrected chi connectivity index (χ2v) is 6.61. The molecule has 1 aliphatic rings. The van der Waals surface area contributed by atoms with E-state index in [1.165, 1.54) is 17.9 Å². The first-order valence-electron chi connectivity index (χ1n) is 5.63. The van der Waals surface area contributed by atoms with E-state index >= 15 is 0 Å². The molecule has 0 aliphatic carbocycles. The van der Waals surface area contributed by atoms with Crippen molar-refractivity contribution >= 4 is 33.6 Å². The van der Waals surface area contributed by atoms with E-state index in [9.17, 15) is 4.79 Å². The second-order valence-electron chi connectivity index (χ2n) is 4.39. The van der Waals surface area contributed by atoms with Gasteiger partial charge in [-0.15, -0.1) is 0 Å². The van der Waals surface area contributed by atoms with Crippen molar-refractivity contribution in [3.05, 3.63) is 0 Å². The quantitative estimate of drug-likeness (QED) is 0.811. The van der Waals surface area contributed by atoms with Crippen molar-refractivity contribution in [2.75, 3.05) is 11.5 Å². The maximum Gasteiger partial charge on any atom is 0.234 e. The van der Waals surface area contributed by atoms with Crippen molar-refractivity contribution in [2.45, 2.75) is 44.0 Å². The Kier molecular flexibility index (Phi) is 6.05. The topological polar surface area (TPSA) is 29.1 Å². The van der Waals surface area contributed by atoms with E-state index in [0.29, 0.717) is 12.0 Å². The molecule has 88 valence electrons.